The highest BCUT2D eigenvalue weighted by Crippen LogP contribution is 2.22. The van der Waals surface area contributed by atoms with E-state index in [9.17, 15) is 23.6 Å². The molecule has 0 fully saturated rings. The van der Waals surface area contributed by atoms with Gasteiger partial charge >= 0.3 is 0 Å². The largest absolute Gasteiger partial charge is 0.393 e. The molecule has 20 heavy (non-hydrogen) atoms. The van der Waals surface area contributed by atoms with Crippen molar-refractivity contribution in [2.75, 3.05) is 13.2 Å². The number of aliphatic hydroxyl groups excluding tert-OH is 1. The quantitative estimate of drug-likeness (QED) is 0.498. The minimum absolute atomic E-state index is 0.275. The van der Waals surface area contributed by atoms with Gasteiger partial charge in [-0.3, -0.25) is 10.1 Å². The molecule has 3 N–H and O–H groups in total. The zero-order valence-electron chi connectivity index (χ0n) is 11.0. The first-order valence-electron chi connectivity index (χ1n) is 5.67. The topological polar surface area (TPSA) is 130 Å². The summed E-state index contributed by atoms with van der Waals surface area (Å²) in [5.41, 5.74) is -1.57. The zero-order valence-corrected chi connectivity index (χ0v) is 11.8. The molecule has 0 aliphatic rings. The van der Waals surface area contributed by atoms with Crippen molar-refractivity contribution in [2.45, 2.75) is 24.3 Å². The van der Waals surface area contributed by atoms with Crippen LogP contribution in [0.4, 0.5) is 5.69 Å². The molecule has 0 aromatic heterocycles. The minimum Gasteiger partial charge on any atom is -0.393 e. The second-order valence-corrected chi connectivity index (χ2v) is 6.45. The summed E-state index contributed by atoms with van der Waals surface area (Å²) in [4.78, 5) is 9.84. The number of nitro groups is 1. The van der Waals surface area contributed by atoms with Gasteiger partial charge in [-0.25, -0.2) is 13.1 Å². The first-order chi connectivity index (χ1) is 9.09. The van der Waals surface area contributed by atoms with Crippen molar-refractivity contribution >= 4 is 15.7 Å². The third-order valence-electron chi connectivity index (χ3n) is 2.67. The standard InChI is InChI=1S/C11H16N2O6S/c1-8-3-4-9(5-10(8)13(16)17)20(18,19)12-6-11(2,15)7-14/h3-5,12,14-15H,6-7H2,1-2H3. The number of hydrogen-bond donors (Lipinski definition) is 3. The SMILES string of the molecule is Cc1ccc(S(=O)(=O)NCC(C)(O)CO)cc1[N+](=O)[O-]. The van der Waals surface area contributed by atoms with Gasteiger partial charge in [0.15, 0.2) is 0 Å². The summed E-state index contributed by atoms with van der Waals surface area (Å²) in [5, 5.41) is 29.2. The summed E-state index contributed by atoms with van der Waals surface area (Å²) in [7, 11) is -4.00. The maximum atomic E-state index is 12.0. The molecule has 0 radical (unpaired) electrons. The fourth-order valence-electron chi connectivity index (χ4n) is 1.34. The molecular formula is C11H16N2O6S. The third-order valence-corrected chi connectivity index (χ3v) is 4.07. The van der Waals surface area contributed by atoms with Gasteiger partial charge in [0.05, 0.1) is 22.0 Å². The Bertz CT molecular complexity index is 611. The molecular weight excluding hydrogens is 288 g/mol. The first kappa shape index (κ1) is 16.5. The van der Waals surface area contributed by atoms with Gasteiger partial charge in [0.2, 0.25) is 10.0 Å². The molecule has 0 heterocycles. The number of aliphatic hydroxyl groups is 2. The van der Waals surface area contributed by atoms with Gasteiger partial charge in [0, 0.05) is 18.2 Å². The van der Waals surface area contributed by atoms with Crippen LogP contribution in [0.3, 0.4) is 0 Å². The monoisotopic (exact) mass is 304 g/mol. The summed E-state index contributed by atoms with van der Waals surface area (Å²) in [6.45, 7) is 1.72. The van der Waals surface area contributed by atoms with Crippen molar-refractivity contribution in [1.29, 1.82) is 0 Å². The van der Waals surface area contributed by atoms with Crippen molar-refractivity contribution < 1.29 is 23.6 Å². The van der Waals surface area contributed by atoms with Gasteiger partial charge in [0.1, 0.15) is 0 Å². The number of nitrogens with zero attached hydrogens (tertiary/aromatic N) is 1. The normalized spacial score (nSPS) is 14.8. The van der Waals surface area contributed by atoms with E-state index in [0.29, 0.717) is 5.56 Å². The molecule has 1 unspecified atom stereocenters. The van der Waals surface area contributed by atoms with Crippen LogP contribution in [0.5, 0.6) is 0 Å². The fraction of sp³-hybridized carbons (Fsp3) is 0.455. The first-order valence-corrected chi connectivity index (χ1v) is 7.15. The van der Waals surface area contributed by atoms with Gasteiger partial charge in [-0.05, 0) is 19.9 Å². The molecule has 1 atom stereocenters. The van der Waals surface area contributed by atoms with Crippen molar-refractivity contribution in [3.05, 3.63) is 33.9 Å². The molecule has 1 rings (SSSR count). The Hall–Kier alpha value is -1.55. The van der Waals surface area contributed by atoms with Crippen LogP contribution in [0, 0.1) is 17.0 Å². The van der Waals surface area contributed by atoms with Gasteiger partial charge < -0.3 is 10.2 Å². The highest BCUT2D eigenvalue weighted by atomic mass is 32.2. The number of sulfonamides is 1. The summed E-state index contributed by atoms with van der Waals surface area (Å²) in [6, 6.07) is 3.51. The highest BCUT2D eigenvalue weighted by Gasteiger charge is 2.25. The number of aryl methyl sites for hydroxylation is 1. The Labute approximate surface area is 116 Å². The van der Waals surface area contributed by atoms with Crippen LogP contribution >= 0.6 is 0 Å². The molecule has 0 saturated heterocycles. The number of nitrogens with one attached hydrogen (secondary N) is 1. The number of hydrogen-bond acceptors (Lipinski definition) is 6. The van der Waals surface area contributed by atoms with E-state index in [1.165, 1.54) is 26.0 Å². The van der Waals surface area contributed by atoms with Gasteiger partial charge in [-0.1, -0.05) is 6.07 Å². The molecule has 0 spiro atoms. The summed E-state index contributed by atoms with van der Waals surface area (Å²) < 4.78 is 26.0. The van der Waals surface area contributed by atoms with Crippen LogP contribution in [0.15, 0.2) is 23.1 Å². The van der Waals surface area contributed by atoms with E-state index < -0.39 is 33.7 Å². The van der Waals surface area contributed by atoms with Gasteiger partial charge in [-0.2, -0.15) is 0 Å². The lowest BCUT2D eigenvalue weighted by molar-refractivity contribution is -0.385. The van der Waals surface area contributed by atoms with E-state index in [2.05, 4.69) is 4.72 Å². The van der Waals surface area contributed by atoms with E-state index in [1.807, 2.05) is 0 Å². The molecule has 0 aliphatic carbocycles. The molecule has 8 nitrogen and oxygen atoms in total. The van der Waals surface area contributed by atoms with Crippen molar-refractivity contribution in [3.63, 3.8) is 0 Å². The molecule has 0 aliphatic heterocycles. The second-order valence-electron chi connectivity index (χ2n) is 4.69. The van der Waals surface area contributed by atoms with E-state index in [4.69, 9.17) is 5.11 Å². The fourth-order valence-corrected chi connectivity index (χ4v) is 2.52. The molecule has 112 valence electrons. The molecule has 1 aromatic carbocycles. The lowest BCUT2D eigenvalue weighted by Crippen LogP contribution is -2.43. The van der Waals surface area contributed by atoms with E-state index in [0.717, 1.165) is 6.07 Å². The average molecular weight is 304 g/mol. The van der Waals surface area contributed by atoms with Crippen molar-refractivity contribution in [1.82, 2.24) is 4.72 Å². The zero-order chi connectivity index (χ0) is 15.6. The Morgan fingerprint density at radius 2 is 2.05 bits per heavy atom. The van der Waals surface area contributed by atoms with E-state index in [-0.39, 0.29) is 10.6 Å². The predicted octanol–water partition coefficient (Wildman–Crippen LogP) is -0.0752. The Kier molecular flexibility index (Phi) is 4.81. The van der Waals surface area contributed by atoms with Crippen molar-refractivity contribution in [2.24, 2.45) is 0 Å². The predicted molar refractivity (Wildman–Crippen MR) is 70.7 cm³/mol. The highest BCUT2D eigenvalue weighted by molar-refractivity contribution is 7.89. The van der Waals surface area contributed by atoms with Crippen LogP contribution in [-0.4, -0.2) is 42.3 Å². The van der Waals surface area contributed by atoms with Crippen LogP contribution in [0.1, 0.15) is 12.5 Å². The van der Waals surface area contributed by atoms with Crippen molar-refractivity contribution in [3.8, 4) is 0 Å². The maximum Gasteiger partial charge on any atom is 0.273 e. The molecule has 9 heteroatoms. The number of nitro benzene ring substituents is 1. The van der Waals surface area contributed by atoms with E-state index >= 15 is 0 Å². The summed E-state index contributed by atoms with van der Waals surface area (Å²) >= 11 is 0. The number of rotatable bonds is 6. The lowest BCUT2D eigenvalue weighted by Gasteiger charge is -2.20. The summed E-state index contributed by atoms with van der Waals surface area (Å²) in [6.07, 6.45) is 0. The molecule has 0 saturated carbocycles. The van der Waals surface area contributed by atoms with Gasteiger partial charge in [-0.15, -0.1) is 0 Å². The Morgan fingerprint density at radius 1 is 1.45 bits per heavy atom. The molecule has 0 bridgehead atoms. The van der Waals surface area contributed by atoms with Crippen LogP contribution < -0.4 is 4.72 Å². The maximum absolute atomic E-state index is 12.0. The molecule has 1 aromatic rings. The van der Waals surface area contributed by atoms with E-state index in [1.54, 1.807) is 0 Å². The Morgan fingerprint density at radius 3 is 2.55 bits per heavy atom. The van der Waals surface area contributed by atoms with Gasteiger partial charge in [0.25, 0.3) is 5.69 Å². The third kappa shape index (κ3) is 3.97. The number of benzene rings is 1. The smallest absolute Gasteiger partial charge is 0.273 e. The summed E-state index contributed by atoms with van der Waals surface area (Å²) in [5.74, 6) is 0. The van der Waals surface area contributed by atoms with Crippen LogP contribution in [0.25, 0.3) is 0 Å². The average Bonchev–Trinajstić information content (AvgIpc) is 2.36. The van der Waals surface area contributed by atoms with Crippen LogP contribution in [-0.2, 0) is 10.0 Å². The lowest BCUT2D eigenvalue weighted by atomic mass is 10.1. The Balaban J connectivity index is 3.05. The minimum atomic E-state index is -4.00. The second kappa shape index (κ2) is 5.83. The molecule has 0 amide bonds. The van der Waals surface area contributed by atoms with Crippen LogP contribution in [0.2, 0.25) is 0 Å².